The number of hydrogen-bond acceptors (Lipinski definition) is 5. The third kappa shape index (κ3) is 5.30. The van der Waals surface area contributed by atoms with E-state index in [2.05, 4.69) is 55.6 Å². The molecule has 1 fully saturated rings. The summed E-state index contributed by atoms with van der Waals surface area (Å²) in [5.41, 5.74) is 6.48. The van der Waals surface area contributed by atoms with Crippen LogP contribution < -0.4 is 10.3 Å². The van der Waals surface area contributed by atoms with Crippen LogP contribution in [-0.2, 0) is 6.54 Å². The fourth-order valence-electron chi connectivity index (χ4n) is 3.51. The maximum Gasteiger partial charge on any atom is 0.271 e. The summed E-state index contributed by atoms with van der Waals surface area (Å²) in [5.74, 6) is -0.224. The molecule has 2 heterocycles. The number of carbonyl (C=O) groups excluding carboxylic acids is 1. The summed E-state index contributed by atoms with van der Waals surface area (Å²) < 4.78 is 0. The molecular formula is C24H25N5O. The van der Waals surface area contributed by atoms with Gasteiger partial charge in [0.25, 0.3) is 5.91 Å². The van der Waals surface area contributed by atoms with Crippen LogP contribution in [0.25, 0.3) is 0 Å². The first-order valence-corrected chi connectivity index (χ1v) is 10.1. The van der Waals surface area contributed by atoms with Gasteiger partial charge in [0.2, 0.25) is 0 Å². The van der Waals surface area contributed by atoms with Crippen LogP contribution in [-0.4, -0.2) is 48.2 Å². The zero-order valence-electron chi connectivity index (χ0n) is 16.8. The fourth-order valence-corrected chi connectivity index (χ4v) is 3.51. The Kier molecular flexibility index (Phi) is 6.47. The molecule has 0 unspecified atom stereocenters. The minimum Gasteiger partial charge on any atom is -0.369 e. The topological polar surface area (TPSA) is 60.8 Å². The van der Waals surface area contributed by atoms with Crippen molar-refractivity contribution >= 4 is 17.8 Å². The Morgan fingerprint density at radius 3 is 2.43 bits per heavy atom. The first-order valence-electron chi connectivity index (χ1n) is 10.1. The Balaban J connectivity index is 1.26. The maximum absolute atomic E-state index is 12.3. The second-order valence-corrected chi connectivity index (χ2v) is 7.28. The first kappa shape index (κ1) is 19.8. The van der Waals surface area contributed by atoms with Crippen LogP contribution in [0.4, 0.5) is 5.69 Å². The number of benzene rings is 2. The van der Waals surface area contributed by atoms with Crippen LogP contribution in [0.5, 0.6) is 0 Å². The van der Waals surface area contributed by atoms with E-state index in [-0.39, 0.29) is 5.91 Å². The molecule has 1 saturated heterocycles. The predicted molar refractivity (Wildman–Crippen MR) is 120 cm³/mol. The minimum absolute atomic E-state index is 0.224. The number of carbonyl (C=O) groups is 1. The van der Waals surface area contributed by atoms with Crippen LogP contribution in [0, 0.1) is 0 Å². The molecule has 30 heavy (non-hydrogen) atoms. The van der Waals surface area contributed by atoms with Gasteiger partial charge in [-0.15, -0.1) is 0 Å². The molecule has 0 bridgehead atoms. The van der Waals surface area contributed by atoms with Gasteiger partial charge >= 0.3 is 0 Å². The lowest BCUT2D eigenvalue weighted by Gasteiger charge is -2.36. The van der Waals surface area contributed by atoms with Gasteiger partial charge in [0.1, 0.15) is 0 Å². The molecule has 1 amide bonds. The monoisotopic (exact) mass is 399 g/mol. The average molecular weight is 399 g/mol. The summed E-state index contributed by atoms with van der Waals surface area (Å²) in [6.07, 6.45) is 4.96. The van der Waals surface area contributed by atoms with Gasteiger partial charge in [0, 0.05) is 61.9 Å². The van der Waals surface area contributed by atoms with Crippen molar-refractivity contribution in [2.24, 2.45) is 5.10 Å². The van der Waals surface area contributed by atoms with Crippen LogP contribution >= 0.6 is 0 Å². The largest absolute Gasteiger partial charge is 0.369 e. The molecule has 1 N–H and O–H groups in total. The number of nitrogens with zero attached hydrogens (tertiary/aromatic N) is 4. The van der Waals surface area contributed by atoms with Gasteiger partial charge in [0.05, 0.1) is 6.21 Å². The highest BCUT2D eigenvalue weighted by Gasteiger charge is 2.17. The molecule has 6 heteroatoms. The van der Waals surface area contributed by atoms with Gasteiger partial charge in [-0.2, -0.15) is 5.10 Å². The molecule has 4 rings (SSSR count). The SMILES string of the molecule is O=C(N/N=C\c1cccnc1)c1ccc(CN2CCN(c3ccccc3)CC2)cc1. The summed E-state index contributed by atoms with van der Waals surface area (Å²) in [6.45, 7) is 5.00. The molecule has 0 radical (unpaired) electrons. The summed E-state index contributed by atoms with van der Waals surface area (Å²) in [7, 11) is 0. The van der Waals surface area contributed by atoms with E-state index in [0.717, 1.165) is 38.3 Å². The van der Waals surface area contributed by atoms with E-state index in [9.17, 15) is 4.79 Å². The molecule has 1 aromatic heterocycles. The van der Waals surface area contributed by atoms with E-state index in [1.165, 1.54) is 11.3 Å². The van der Waals surface area contributed by atoms with E-state index < -0.39 is 0 Å². The van der Waals surface area contributed by atoms with Gasteiger partial charge in [-0.1, -0.05) is 36.4 Å². The molecule has 2 aromatic carbocycles. The van der Waals surface area contributed by atoms with Crippen molar-refractivity contribution in [3.63, 3.8) is 0 Å². The predicted octanol–water partition coefficient (Wildman–Crippen LogP) is 3.17. The number of anilines is 1. The van der Waals surface area contributed by atoms with Crippen LogP contribution in [0.1, 0.15) is 21.5 Å². The number of para-hydroxylation sites is 1. The van der Waals surface area contributed by atoms with Crippen molar-refractivity contribution in [1.82, 2.24) is 15.3 Å². The third-order valence-electron chi connectivity index (χ3n) is 5.18. The molecular weight excluding hydrogens is 374 g/mol. The number of hydrogen-bond donors (Lipinski definition) is 1. The summed E-state index contributed by atoms with van der Waals surface area (Å²) in [5, 5.41) is 3.99. The third-order valence-corrected chi connectivity index (χ3v) is 5.18. The van der Waals surface area contributed by atoms with Crippen molar-refractivity contribution in [3.8, 4) is 0 Å². The van der Waals surface area contributed by atoms with Crippen molar-refractivity contribution in [1.29, 1.82) is 0 Å². The lowest BCUT2D eigenvalue weighted by Crippen LogP contribution is -2.45. The number of amides is 1. The van der Waals surface area contributed by atoms with Crippen LogP contribution in [0.2, 0.25) is 0 Å². The van der Waals surface area contributed by atoms with E-state index in [4.69, 9.17) is 0 Å². The quantitative estimate of drug-likeness (QED) is 0.511. The van der Waals surface area contributed by atoms with Gasteiger partial charge in [-0.3, -0.25) is 14.7 Å². The molecule has 0 saturated carbocycles. The number of rotatable bonds is 6. The van der Waals surface area contributed by atoms with Crippen molar-refractivity contribution in [2.45, 2.75) is 6.54 Å². The van der Waals surface area contributed by atoms with Crippen molar-refractivity contribution in [2.75, 3.05) is 31.1 Å². The van der Waals surface area contributed by atoms with Crippen molar-refractivity contribution < 1.29 is 4.79 Å². The summed E-state index contributed by atoms with van der Waals surface area (Å²) in [4.78, 5) is 21.1. The number of pyridine rings is 1. The van der Waals surface area contributed by atoms with E-state index in [0.29, 0.717) is 5.56 Å². The number of piperazine rings is 1. The Morgan fingerprint density at radius 1 is 0.967 bits per heavy atom. The molecule has 0 spiro atoms. The van der Waals surface area contributed by atoms with Gasteiger partial charge in [-0.05, 0) is 35.9 Å². The Hall–Kier alpha value is -3.51. The molecule has 1 aliphatic heterocycles. The molecule has 1 aliphatic rings. The van der Waals surface area contributed by atoms with Crippen molar-refractivity contribution in [3.05, 3.63) is 95.8 Å². The number of aromatic nitrogens is 1. The summed E-state index contributed by atoms with van der Waals surface area (Å²) >= 11 is 0. The fraction of sp³-hybridized carbons (Fsp3) is 0.208. The molecule has 0 atom stereocenters. The standard InChI is InChI=1S/C24H25N5O/c30-24(27-26-18-21-5-4-12-25-17-21)22-10-8-20(9-11-22)19-28-13-15-29(16-14-28)23-6-2-1-3-7-23/h1-12,17-18H,13-16,19H2,(H,27,30)/b26-18-. The Morgan fingerprint density at radius 2 is 1.73 bits per heavy atom. The zero-order valence-corrected chi connectivity index (χ0v) is 16.8. The highest BCUT2D eigenvalue weighted by atomic mass is 16.2. The van der Waals surface area contributed by atoms with Crippen LogP contribution in [0.15, 0.2) is 84.2 Å². The Bertz CT molecular complexity index is 965. The minimum atomic E-state index is -0.224. The lowest BCUT2D eigenvalue weighted by atomic mass is 10.1. The van der Waals surface area contributed by atoms with Gasteiger partial charge in [-0.25, -0.2) is 5.43 Å². The normalized spacial score (nSPS) is 14.7. The second kappa shape index (κ2) is 9.80. The van der Waals surface area contributed by atoms with E-state index in [1.54, 1.807) is 18.6 Å². The molecule has 0 aliphatic carbocycles. The van der Waals surface area contributed by atoms with Gasteiger partial charge in [0.15, 0.2) is 0 Å². The molecule has 152 valence electrons. The lowest BCUT2D eigenvalue weighted by molar-refractivity contribution is 0.0955. The van der Waals surface area contributed by atoms with E-state index in [1.807, 2.05) is 36.4 Å². The van der Waals surface area contributed by atoms with E-state index >= 15 is 0 Å². The zero-order chi connectivity index (χ0) is 20.6. The van der Waals surface area contributed by atoms with Crippen LogP contribution in [0.3, 0.4) is 0 Å². The average Bonchev–Trinajstić information content (AvgIpc) is 2.81. The highest BCUT2D eigenvalue weighted by molar-refractivity contribution is 5.94. The number of hydrazone groups is 1. The first-order chi connectivity index (χ1) is 14.8. The van der Waals surface area contributed by atoms with Gasteiger partial charge < -0.3 is 4.90 Å². The summed E-state index contributed by atoms with van der Waals surface area (Å²) in [6, 6.07) is 22.0. The molecule has 3 aromatic rings. The highest BCUT2D eigenvalue weighted by Crippen LogP contribution is 2.17. The molecule has 6 nitrogen and oxygen atoms in total. The second-order valence-electron chi connectivity index (χ2n) is 7.28. The smallest absolute Gasteiger partial charge is 0.271 e. The number of nitrogens with one attached hydrogen (secondary N) is 1. The Labute approximate surface area is 176 Å². The maximum atomic E-state index is 12.3.